The molecule has 0 saturated heterocycles. The van der Waals surface area contributed by atoms with E-state index in [1.807, 2.05) is 19.1 Å². The van der Waals surface area contributed by atoms with Crippen LogP contribution in [0.15, 0.2) is 23.3 Å². The molecule has 0 bridgehead atoms. The molecule has 16 heavy (non-hydrogen) atoms. The predicted molar refractivity (Wildman–Crippen MR) is 66.4 cm³/mol. The quantitative estimate of drug-likeness (QED) is 0.654. The molecule has 4 nitrogen and oxygen atoms in total. The maximum atomic E-state index is 5.47. The van der Waals surface area contributed by atoms with Gasteiger partial charge >= 0.3 is 0 Å². The first-order valence-electron chi connectivity index (χ1n) is 5.30. The van der Waals surface area contributed by atoms with Gasteiger partial charge in [-0.2, -0.15) is 5.10 Å². The van der Waals surface area contributed by atoms with E-state index in [2.05, 4.69) is 22.7 Å². The lowest BCUT2D eigenvalue weighted by molar-refractivity contribution is 0.341. The third-order valence-corrected chi connectivity index (χ3v) is 3.45. The number of hydrogen-bond donors (Lipinski definition) is 1. The van der Waals surface area contributed by atoms with Crippen LogP contribution in [0, 0.1) is 0 Å². The molecule has 0 aliphatic rings. The molecule has 1 heterocycles. The monoisotopic (exact) mass is 237 g/mol. The zero-order chi connectivity index (χ0) is 11.5. The van der Waals surface area contributed by atoms with Crippen LogP contribution in [0.2, 0.25) is 0 Å². The number of hydrogen-bond acceptors (Lipinski definition) is 4. The summed E-state index contributed by atoms with van der Waals surface area (Å²) in [6.07, 6.45) is 0. The number of aryl methyl sites for hydroxylation is 1. The van der Waals surface area contributed by atoms with Crippen molar-refractivity contribution in [1.29, 1.82) is 0 Å². The number of fused-ring (bicyclic) bond motifs is 1. The molecule has 86 valence electrons. The van der Waals surface area contributed by atoms with Crippen molar-refractivity contribution < 1.29 is 4.74 Å². The fourth-order valence-electron chi connectivity index (χ4n) is 1.71. The molecule has 1 aromatic heterocycles. The summed E-state index contributed by atoms with van der Waals surface area (Å²) in [6, 6.07) is 6.06. The lowest BCUT2D eigenvalue weighted by Crippen LogP contribution is -2.15. The Morgan fingerprint density at radius 3 is 2.88 bits per heavy atom. The molecule has 0 radical (unpaired) electrons. The highest BCUT2D eigenvalue weighted by Crippen LogP contribution is 2.23. The fraction of sp³-hybridized carbons (Fsp3) is 0.364. The van der Waals surface area contributed by atoms with Crippen molar-refractivity contribution in [1.82, 2.24) is 4.57 Å². The zero-order valence-electron chi connectivity index (χ0n) is 9.43. The molecule has 1 aromatic carbocycles. The summed E-state index contributed by atoms with van der Waals surface area (Å²) in [6.45, 7) is 5.60. The second kappa shape index (κ2) is 4.57. The Kier molecular flexibility index (Phi) is 3.14. The molecule has 2 rings (SSSR count). The average Bonchev–Trinajstić information content (AvgIpc) is 2.66. The van der Waals surface area contributed by atoms with E-state index in [9.17, 15) is 0 Å². The highest BCUT2D eigenvalue weighted by Gasteiger charge is 2.05. The second-order valence-electron chi connectivity index (χ2n) is 3.32. The molecule has 0 unspecified atom stereocenters. The summed E-state index contributed by atoms with van der Waals surface area (Å²) in [5, 5.41) is 3.79. The summed E-state index contributed by atoms with van der Waals surface area (Å²) in [5.74, 6) is 6.26. The van der Waals surface area contributed by atoms with Crippen LogP contribution in [0.25, 0.3) is 10.2 Å². The fourth-order valence-corrected chi connectivity index (χ4v) is 2.76. The van der Waals surface area contributed by atoms with Crippen LogP contribution in [-0.4, -0.2) is 11.2 Å². The molecular formula is C11H15N3OS. The van der Waals surface area contributed by atoms with Gasteiger partial charge in [0.25, 0.3) is 0 Å². The largest absolute Gasteiger partial charge is 0.494 e. The first kappa shape index (κ1) is 11.0. The van der Waals surface area contributed by atoms with Gasteiger partial charge in [0.1, 0.15) is 5.75 Å². The highest BCUT2D eigenvalue weighted by molar-refractivity contribution is 7.16. The number of ether oxygens (including phenoxy) is 1. The van der Waals surface area contributed by atoms with Crippen LogP contribution in [0.5, 0.6) is 5.75 Å². The lowest BCUT2D eigenvalue weighted by atomic mass is 10.3. The SMILES string of the molecule is CCOc1ccc2c(c1)s/c(=N\N)n2CC. The minimum absolute atomic E-state index is 0.679. The van der Waals surface area contributed by atoms with Crippen LogP contribution < -0.4 is 15.4 Å². The van der Waals surface area contributed by atoms with Gasteiger partial charge in [0.2, 0.25) is 4.80 Å². The maximum absolute atomic E-state index is 5.47. The zero-order valence-corrected chi connectivity index (χ0v) is 10.3. The van der Waals surface area contributed by atoms with Gasteiger partial charge in [0, 0.05) is 6.54 Å². The van der Waals surface area contributed by atoms with E-state index in [1.165, 1.54) is 0 Å². The Morgan fingerprint density at radius 2 is 2.25 bits per heavy atom. The minimum atomic E-state index is 0.679. The summed E-state index contributed by atoms with van der Waals surface area (Å²) in [7, 11) is 0. The van der Waals surface area contributed by atoms with Crippen LogP contribution >= 0.6 is 11.3 Å². The van der Waals surface area contributed by atoms with Crippen molar-refractivity contribution >= 4 is 21.6 Å². The van der Waals surface area contributed by atoms with E-state index in [-0.39, 0.29) is 0 Å². The molecule has 0 saturated carbocycles. The van der Waals surface area contributed by atoms with Crippen molar-refractivity contribution in [3.05, 3.63) is 23.0 Å². The Hall–Kier alpha value is -1.49. The van der Waals surface area contributed by atoms with Gasteiger partial charge < -0.3 is 15.1 Å². The Labute approximate surface area is 98.0 Å². The van der Waals surface area contributed by atoms with Crippen molar-refractivity contribution in [2.24, 2.45) is 10.9 Å². The van der Waals surface area contributed by atoms with E-state index in [0.717, 1.165) is 27.3 Å². The standard InChI is InChI=1S/C11H15N3OS/c1-3-14-9-6-5-8(15-4-2)7-10(9)16-11(14)13-12/h5-7H,3-4,12H2,1-2H3/b13-11-. The summed E-state index contributed by atoms with van der Waals surface area (Å²) >= 11 is 1.58. The summed E-state index contributed by atoms with van der Waals surface area (Å²) in [5.41, 5.74) is 1.15. The molecule has 0 aliphatic heterocycles. The smallest absolute Gasteiger partial charge is 0.208 e. The molecular weight excluding hydrogens is 222 g/mol. The third-order valence-electron chi connectivity index (χ3n) is 2.39. The van der Waals surface area contributed by atoms with Crippen molar-refractivity contribution in [3.63, 3.8) is 0 Å². The van der Waals surface area contributed by atoms with Gasteiger partial charge in [-0.3, -0.25) is 0 Å². The van der Waals surface area contributed by atoms with E-state index < -0.39 is 0 Å². The van der Waals surface area contributed by atoms with Gasteiger partial charge in [0.15, 0.2) is 0 Å². The lowest BCUT2D eigenvalue weighted by Gasteiger charge is -2.03. The van der Waals surface area contributed by atoms with Gasteiger partial charge in [-0.1, -0.05) is 11.3 Å². The predicted octanol–water partition coefficient (Wildman–Crippen LogP) is 1.90. The van der Waals surface area contributed by atoms with Gasteiger partial charge in [0.05, 0.1) is 16.8 Å². The first-order valence-corrected chi connectivity index (χ1v) is 6.12. The molecule has 2 aromatic rings. The van der Waals surface area contributed by atoms with Crippen molar-refractivity contribution in [2.75, 3.05) is 6.61 Å². The minimum Gasteiger partial charge on any atom is -0.494 e. The number of nitrogens with zero attached hydrogens (tertiary/aromatic N) is 2. The number of aromatic nitrogens is 1. The number of nitrogens with two attached hydrogens (primary N) is 1. The number of rotatable bonds is 3. The molecule has 0 atom stereocenters. The average molecular weight is 237 g/mol. The Balaban J connectivity index is 2.63. The van der Waals surface area contributed by atoms with Crippen molar-refractivity contribution in [3.8, 4) is 5.75 Å². The van der Waals surface area contributed by atoms with E-state index in [4.69, 9.17) is 10.6 Å². The van der Waals surface area contributed by atoms with E-state index in [0.29, 0.717) is 6.61 Å². The Morgan fingerprint density at radius 1 is 1.44 bits per heavy atom. The van der Waals surface area contributed by atoms with Crippen LogP contribution in [0.1, 0.15) is 13.8 Å². The molecule has 0 amide bonds. The second-order valence-corrected chi connectivity index (χ2v) is 4.33. The highest BCUT2D eigenvalue weighted by atomic mass is 32.1. The molecule has 0 spiro atoms. The summed E-state index contributed by atoms with van der Waals surface area (Å²) < 4.78 is 8.71. The number of benzene rings is 1. The molecule has 5 heteroatoms. The molecule has 0 aliphatic carbocycles. The van der Waals surface area contributed by atoms with Gasteiger partial charge in [-0.05, 0) is 32.0 Å². The van der Waals surface area contributed by atoms with Crippen LogP contribution in [0.3, 0.4) is 0 Å². The maximum Gasteiger partial charge on any atom is 0.208 e. The van der Waals surface area contributed by atoms with Crippen LogP contribution in [-0.2, 0) is 6.54 Å². The van der Waals surface area contributed by atoms with Crippen LogP contribution in [0.4, 0.5) is 0 Å². The third kappa shape index (κ3) is 1.78. The normalized spacial score (nSPS) is 12.2. The van der Waals surface area contributed by atoms with E-state index >= 15 is 0 Å². The summed E-state index contributed by atoms with van der Waals surface area (Å²) in [4.78, 5) is 0.839. The number of thiazole rings is 1. The molecule has 2 N–H and O–H groups in total. The van der Waals surface area contributed by atoms with Crippen molar-refractivity contribution in [2.45, 2.75) is 20.4 Å². The molecule has 0 fully saturated rings. The first-order chi connectivity index (χ1) is 7.80. The van der Waals surface area contributed by atoms with E-state index in [1.54, 1.807) is 11.3 Å². The van der Waals surface area contributed by atoms with Gasteiger partial charge in [-0.25, -0.2) is 0 Å². The Bertz CT molecular complexity index is 556. The topological polar surface area (TPSA) is 52.5 Å². The van der Waals surface area contributed by atoms with Gasteiger partial charge in [-0.15, -0.1) is 0 Å².